The molecule has 0 aliphatic carbocycles. The molecule has 116 valence electrons. The smallest absolute Gasteiger partial charge is 0.245 e. The van der Waals surface area contributed by atoms with E-state index in [1.807, 2.05) is 32.2 Å². The van der Waals surface area contributed by atoms with Gasteiger partial charge in [0.05, 0.1) is 13.2 Å². The van der Waals surface area contributed by atoms with E-state index in [-0.39, 0.29) is 11.9 Å². The Morgan fingerprint density at radius 1 is 1.52 bits per heavy atom. The van der Waals surface area contributed by atoms with Crippen molar-refractivity contribution in [3.05, 3.63) is 28.8 Å². The quantitative estimate of drug-likeness (QED) is 0.863. The highest BCUT2D eigenvalue weighted by Crippen LogP contribution is 2.28. The normalized spacial score (nSPS) is 18.6. The zero-order valence-electron chi connectivity index (χ0n) is 12.5. The predicted molar refractivity (Wildman–Crippen MR) is 84.9 cm³/mol. The average molecular weight is 312 g/mol. The summed E-state index contributed by atoms with van der Waals surface area (Å²) < 4.78 is 5.48. The van der Waals surface area contributed by atoms with Crippen molar-refractivity contribution in [2.24, 2.45) is 0 Å². The molecule has 0 bridgehead atoms. The van der Waals surface area contributed by atoms with Gasteiger partial charge < -0.3 is 20.3 Å². The molecule has 0 saturated carbocycles. The third-order valence-electron chi connectivity index (χ3n) is 3.51. The van der Waals surface area contributed by atoms with Crippen LogP contribution < -0.4 is 15.5 Å². The van der Waals surface area contributed by atoms with Crippen molar-refractivity contribution in [2.45, 2.75) is 19.5 Å². The first kappa shape index (κ1) is 16.1. The first-order valence-electron chi connectivity index (χ1n) is 7.22. The van der Waals surface area contributed by atoms with Crippen molar-refractivity contribution in [2.75, 3.05) is 38.3 Å². The number of likely N-dealkylation sites (N-methyl/N-ethyl adjacent to an activating group) is 1. The Kier molecular flexibility index (Phi) is 5.85. The summed E-state index contributed by atoms with van der Waals surface area (Å²) in [5.74, 6) is -0.00687. The Morgan fingerprint density at radius 2 is 2.33 bits per heavy atom. The SMILES string of the molecule is CCNC(=O)C1COCCN1c1cc(Cl)ccc1CNC. The highest BCUT2D eigenvalue weighted by molar-refractivity contribution is 6.30. The van der Waals surface area contributed by atoms with E-state index in [0.29, 0.717) is 31.3 Å². The van der Waals surface area contributed by atoms with Gasteiger partial charge in [0, 0.05) is 30.3 Å². The molecule has 0 radical (unpaired) electrons. The topological polar surface area (TPSA) is 53.6 Å². The number of benzene rings is 1. The van der Waals surface area contributed by atoms with Gasteiger partial charge in [-0.25, -0.2) is 0 Å². The molecular formula is C15H22ClN3O2. The third-order valence-corrected chi connectivity index (χ3v) is 3.74. The van der Waals surface area contributed by atoms with Crippen LogP contribution in [0.1, 0.15) is 12.5 Å². The number of hydrogen-bond acceptors (Lipinski definition) is 4. The Hall–Kier alpha value is -1.30. The molecule has 1 fully saturated rings. The van der Waals surface area contributed by atoms with E-state index >= 15 is 0 Å². The summed E-state index contributed by atoms with van der Waals surface area (Å²) in [6.07, 6.45) is 0. The molecule has 1 aliphatic heterocycles. The number of carbonyl (C=O) groups excluding carboxylic acids is 1. The minimum atomic E-state index is -0.312. The van der Waals surface area contributed by atoms with Crippen molar-refractivity contribution in [1.82, 2.24) is 10.6 Å². The van der Waals surface area contributed by atoms with Gasteiger partial charge in [0.2, 0.25) is 5.91 Å². The van der Waals surface area contributed by atoms with Crippen molar-refractivity contribution in [3.63, 3.8) is 0 Å². The summed E-state index contributed by atoms with van der Waals surface area (Å²) in [6, 6.07) is 5.48. The fraction of sp³-hybridized carbons (Fsp3) is 0.533. The summed E-state index contributed by atoms with van der Waals surface area (Å²) in [6.45, 7) is 4.95. The van der Waals surface area contributed by atoms with E-state index in [4.69, 9.17) is 16.3 Å². The van der Waals surface area contributed by atoms with Gasteiger partial charge >= 0.3 is 0 Å². The number of rotatable bonds is 5. The Balaban J connectivity index is 2.32. The third kappa shape index (κ3) is 3.87. The lowest BCUT2D eigenvalue weighted by Crippen LogP contribution is -2.54. The van der Waals surface area contributed by atoms with E-state index in [2.05, 4.69) is 15.5 Å². The molecule has 21 heavy (non-hydrogen) atoms. The number of nitrogens with one attached hydrogen (secondary N) is 2. The first-order valence-corrected chi connectivity index (χ1v) is 7.60. The van der Waals surface area contributed by atoms with Gasteiger partial charge in [0.15, 0.2) is 0 Å². The van der Waals surface area contributed by atoms with Crippen LogP contribution in [0.15, 0.2) is 18.2 Å². The van der Waals surface area contributed by atoms with Crippen LogP contribution >= 0.6 is 11.6 Å². The van der Waals surface area contributed by atoms with Crippen molar-refractivity contribution in [3.8, 4) is 0 Å². The standard InChI is InChI=1S/C15H22ClN3O2/c1-3-18-15(20)14-10-21-7-6-19(14)13-8-12(16)5-4-11(13)9-17-2/h4-5,8,14,17H,3,6-7,9-10H2,1-2H3,(H,18,20). The molecule has 0 aromatic heterocycles. The number of morpholine rings is 1. The van der Waals surface area contributed by atoms with E-state index in [1.54, 1.807) is 0 Å². The Bertz CT molecular complexity index is 496. The Labute approximate surface area is 130 Å². The minimum absolute atomic E-state index is 0.00687. The monoisotopic (exact) mass is 311 g/mol. The molecule has 1 saturated heterocycles. The molecular weight excluding hydrogens is 290 g/mol. The van der Waals surface area contributed by atoms with E-state index in [1.165, 1.54) is 0 Å². The van der Waals surface area contributed by atoms with Crippen LogP contribution in [-0.2, 0) is 16.1 Å². The van der Waals surface area contributed by atoms with Gasteiger partial charge in [-0.05, 0) is 31.7 Å². The molecule has 5 nitrogen and oxygen atoms in total. The average Bonchev–Trinajstić information content (AvgIpc) is 2.49. The van der Waals surface area contributed by atoms with Crippen LogP contribution in [0.2, 0.25) is 5.02 Å². The van der Waals surface area contributed by atoms with Crippen LogP contribution in [0, 0.1) is 0 Å². The minimum Gasteiger partial charge on any atom is -0.377 e. The molecule has 1 aliphatic rings. The van der Waals surface area contributed by atoms with E-state index in [9.17, 15) is 4.79 Å². The van der Waals surface area contributed by atoms with Gasteiger partial charge in [-0.1, -0.05) is 17.7 Å². The summed E-state index contributed by atoms with van der Waals surface area (Å²) >= 11 is 6.15. The number of ether oxygens (including phenoxy) is 1. The summed E-state index contributed by atoms with van der Waals surface area (Å²) in [5, 5.41) is 6.69. The highest BCUT2D eigenvalue weighted by atomic mass is 35.5. The number of hydrogen-bond donors (Lipinski definition) is 2. The lowest BCUT2D eigenvalue weighted by molar-refractivity contribution is -0.124. The molecule has 6 heteroatoms. The lowest BCUT2D eigenvalue weighted by atomic mass is 10.1. The second kappa shape index (κ2) is 7.64. The number of halogens is 1. The highest BCUT2D eigenvalue weighted by Gasteiger charge is 2.30. The maximum atomic E-state index is 12.3. The van der Waals surface area contributed by atoms with Gasteiger partial charge in [-0.3, -0.25) is 4.79 Å². The van der Waals surface area contributed by atoms with Crippen LogP contribution in [-0.4, -0.2) is 45.3 Å². The van der Waals surface area contributed by atoms with Crippen molar-refractivity contribution < 1.29 is 9.53 Å². The Morgan fingerprint density at radius 3 is 3.05 bits per heavy atom. The largest absolute Gasteiger partial charge is 0.377 e. The van der Waals surface area contributed by atoms with Crippen molar-refractivity contribution >= 4 is 23.2 Å². The van der Waals surface area contributed by atoms with Crippen molar-refractivity contribution in [1.29, 1.82) is 0 Å². The fourth-order valence-corrected chi connectivity index (χ4v) is 2.71. The van der Waals surface area contributed by atoms with Crippen LogP contribution in [0.25, 0.3) is 0 Å². The second-order valence-corrected chi connectivity index (χ2v) is 5.42. The van der Waals surface area contributed by atoms with Gasteiger partial charge in [-0.15, -0.1) is 0 Å². The molecule has 1 atom stereocenters. The van der Waals surface area contributed by atoms with Crippen LogP contribution in [0.5, 0.6) is 0 Å². The predicted octanol–water partition coefficient (Wildman–Crippen LogP) is 1.40. The second-order valence-electron chi connectivity index (χ2n) is 4.98. The number of carbonyl (C=O) groups is 1. The van der Waals surface area contributed by atoms with Gasteiger partial charge in [0.25, 0.3) is 0 Å². The van der Waals surface area contributed by atoms with Crippen LogP contribution in [0.4, 0.5) is 5.69 Å². The fourth-order valence-electron chi connectivity index (χ4n) is 2.55. The first-order chi connectivity index (χ1) is 10.2. The number of amides is 1. The zero-order chi connectivity index (χ0) is 15.2. The zero-order valence-corrected chi connectivity index (χ0v) is 13.2. The van der Waals surface area contributed by atoms with E-state index in [0.717, 1.165) is 17.8 Å². The molecule has 1 heterocycles. The number of anilines is 1. The molecule has 2 rings (SSSR count). The summed E-state index contributed by atoms with van der Waals surface area (Å²) in [4.78, 5) is 14.3. The van der Waals surface area contributed by atoms with Gasteiger partial charge in [-0.2, -0.15) is 0 Å². The molecule has 1 unspecified atom stereocenters. The molecule has 2 N–H and O–H groups in total. The van der Waals surface area contributed by atoms with E-state index < -0.39 is 0 Å². The molecule has 1 aromatic carbocycles. The summed E-state index contributed by atoms with van der Waals surface area (Å²) in [5.41, 5.74) is 2.12. The number of nitrogens with zero attached hydrogens (tertiary/aromatic N) is 1. The maximum absolute atomic E-state index is 12.3. The molecule has 1 amide bonds. The van der Waals surface area contributed by atoms with Crippen LogP contribution in [0.3, 0.4) is 0 Å². The van der Waals surface area contributed by atoms with Gasteiger partial charge in [0.1, 0.15) is 6.04 Å². The summed E-state index contributed by atoms with van der Waals surface area (Å²) in [7, 11) is 1.90. The molecule has 1 aromatic rings. The molecule has 0 spiro atoms. The maximum Gasteiger partial charge on any atom is 0.245 e. The lowest BCUT2D eigenvalue weighted by Gasteiger charge is -2.37.